The molecule has 0 amide bonds. The molecule has 1 saturated carbocycles. The zero-order valence-corrected chi connectivity index (χ0v) is 10.7. The van der Waals surface area contributed by atoms with Gasteiger partial charge in [-0.05, 0) is 38.4 Å². The van der Waals surface area contributed by atoms with Crippen molar-refractivity contribution < 1.29 is 0 Å². The number of hydrogen-bond acceptors (Lipinski definition) is 4. The van der Waals surface area contributed by atoms with Gasteiger partial charge in [-0.2, -0.15) is 0 Å². The highest BCUT2D eigenvalue weighted by molar-refractivity contribution is 7.99. The first-order valence-corrected chi connectivity index (χ1v) is 6.88. The Morgan fingerprint density at radius 1 is 1.35 bits per heavy atom. The van der Waals surface area contributed by atoms with Crippen molar-refractivity contribution >= 4 is 17.4 Å². The molecule has 4 nitrogen and oxygen atoms in total. The topological polar surface area (TPSA) is 42.2 Å². The Bertz CT molecular complexity index is 510. The van der Waals surface area contributed by atoms with Gasteiger partial charge in [-0.1, -0.05) is 17.8 Å². The molecule has 90 valence electrons. The predicted octanol–water partition coefficient (Wildman–Crippen LogP) is 1.96. The van der Waals surface area contributed by atoms with Crippen molar-refractivity contribution in [1.29, 1.82) is 0 Å². The van der Waals surface area contributed by atoms with Crippen molar-refractivity contribution in [1.82, 2.24) is 19.9 Å². The second kappa shape index (κ2) is 4.66. The summed E-state index contributed by atoms with van der Waals surface area (Å²) in [5.41, 5.74) is 0.929. The summed E-state index contributed by atoms with van der Waals surface area (Å²) in [6.45, 7) is 0. The molecule has 1 aliphatic rings. The van der Waals surface area contributed by atoms with Gasteiger partial charge < -0.3 is 5.32 Å². The zero-order chi connectivity index (χ0) is 11.7. The molecular formula is C12H16N4S. The van der Waals surface area contributed by atoms with Gasteiger partial charge in [-0.25, -0.2) is 0 Å². The van der Waals surface area contributed by atoms with Crippen LogP contribution in [0.15, 0.2) is 29.6 Å². The molecule has 1 aliphatic carbocycles. The molecule has 0 aromatic carbocycles. The first-order valence-electron chi connectivity index (χ1n) is 6.00. The van der Waals surface area contributed by atoms with Crippen LogP contribution in [0, 0.1) is 0 Å². The maximum absolute atomic E-state index is 4.27. The number of fused-ring (bicyclic) bond motifs is 1. The summed E-state index contributed by atoms with van der Waals surface area (Å²) in [5.74, 6) is 0. The molecule has 3 rings (SSSR count). The number of nitrogens with one attached hydrogen (secondary N) is 1. The van der Waals surface area contributed by atoms with Crippen LogP contribution in [0.2, 0.25) is 0 Å². The average Bonchev–Trinajstić information content (AvgIpc) is 2.97. The van der Waals surface area contributed by atoms with E-state index in [0.717, 1.165) is 10.8 Å². The summed E-state index contributed by atoms with van der Waals surface area (Å²) in [4.78, 5) is 0. The summed E-state index contributed by atoms with van der Waals surface area (Å²) in [6, 6.07) is 6.67. The first-order chi connectivity index (χ1) is 8.36. The summed E-state index contributed by atoms with van der Waals surface area (Å²) in [7, 11) is 2.05. The fourth-order valence-corrected chi connectivity index (χ4v) is 3.59. The van der Waals surface area contributed by atoms with Crippen LogP contribution in [0.5, 0.6) is 0 Å². The summed E-state index contributed by atoms with van der Waals surface area (Å²) < 4.78 is 2.07. The van der Waals surface area contributed by atoms with E-state index in [1.165, 1.54) is 19.3 Å². The Balaban J connectivity index is 1.77. The largest absolute Gasteiger partial charge is 0.317 e. The predicted molar refractivity (Wildman–Crippen MR) is 69.3 cm³/mol. The zero-order valence-electron chi connectivity index (χ0n) is 9.84. The second-order valence-electron chi connectivity index (χ2n) is 4.45. The average molecular weight is 248 g/mol. The van der Waals surface area contributed by atoms with E-state index >= 15 is 0 Å². The van der Waals surface area contributed by atoms with Crippen LogP contribution in [0.3, 0.4) is 0 Å². The van der Waals surface area contributed by atoms with E-state index < -0.39 is 0 Å². The lowest BCUT2D eigenvalue weighted by Crippen LogP contribution is -2.21. The van der Waals surface area contributed by atoms with Gasteiger partial charge in [-0.15, -0.1) is 10.2 Å². The number of rotatable bonds is 3. The molecule has 2 aromatic rings. The molecule has 1 fully saturated rings. The molecular weight excluding hydrogens is 232 g/mol. The molecule has 2 atom stereocenters. The van der Waals surface area contributed by atoms with Gasteiger partial charge in [0.25, 0.3) is 0 Å². The number of aromatic nitrogens is 3. The lowest BCUT2D eigenvalue weighted by molar-refractivity contribution is 0.583. The van der Waals surface area contributed by atoms with Crippen LogP contribution < -0.4 is 5.32 Å². The van der Waals surface area contributed by atoms with Crippen LogP contribution in [0.25, 0.3) is 5.65 Å². The standard InChI is InChI=1S/C12H16N4S/c1-13-9-5-6-10(8-9)17-12-15-14-11-4-2-3-7-16(11)12/h2-4,7,9-10,13H,5-6,8H2,1H3. The number of nitrogens with zero attached hydrogens (tertiary/aromatic N) is 3. The van der Waals surface area contributed by atoms with E-state index in [4.69, 9.17) is 0 Å². The fraction of sp³-hybridized carbons (Fsp3) is 0.500. The van der Waals surface area contributed by atoms with Gasteiger partial charge in [-0.3, -0.25) is 4.40 Å². The van der Waals surface area contributed by atoms with Crippen LogP contribution >= 0.6 is 11.8 Å². The third-order valence-electron chi connectivity index (χ3n) is 3.35. The molecule has 0 radical (unpaired) electrons. The molecule has 0 bridgehead atoms. The highest BCUT2D eigenvalue weighted by Gasteiger charge is 2.25. The molecule has 1 N–H and O–H groups in total. The molecule has 0 saturated heterocycles. The third kappa shape index (κ3) is 2.17. The smallest absolute Gasteiger partial charge is 0.195 e. The highest BCUT2D eigenvalue weighted by atomic mass is 32.2. The summed E-state index contributed by atoms with van der Waals surface area (Å²) >= 11 is 1.86. The summed E-state index contributed by atoms with van der Waals surface area (Å²) in [5, 5.41) is 13.5. The summed E-state index contributed by atoms with van der Waals surface area (Å²) in [6.07, 6.45) is 5.79. The van der Waals surface area contributed by atoms with Gasteiger partial charge in [0, 0.05) is 17.5 Å². The monoisotopic (exact) mass is 248 g/mol. The maximum atomic E-state index is 4.27. The molecule has 0 aliphatic heterocycles. The first kappa shape index (κ1) is 11.0. The highest BCUT2D eigenvalue weighted by Crippen LogP contribution is 2.33. The van der Waals surface area contributed by atoms with Crippen LogP contribution in [-0.2, 0) is 0 Å². The Hall–Kier alpha value is -1.07. The molecule has 5 heteroatoms. The Labute approximate surface area is 105 Å². The van der Waals surface area contributed by atoms with Crippen molar-refractivity contribution in [3.8, 4) is 0 Å². The minimum absolute atomic E-state index is 0.667. The number of thioether (sulfide) groups is 1. The Morgan fingerprint density at radius 2 is 2.29 bits per heavy atom. The van der Waals surface area contributed by atoms with Gasteiger partial charge in [0.2, 0.25) is 0 Å². The molecule has 2 heterocycles. The van der Waals surface area contributed by atoms with E-state index in [2.05, 4.69) is 19.9 Å². The normalized spacial score (nSPS) is 24.5. The van der Waals surface area contributed by atoms with Crippen molar-refractivity contribution in [2.75, 3.05) is 7.05 Å². The molecule has 0 spiro atoms. The van der Waals surface area contributed by atoms with Crippen LogP contribution in [0.4, 0.5) is 0 Å². The molecule has 2 unspecified atom stereocenters. The third-order valence-corrected chi connectivity index (χ3v) is 4.60. The van der Waals surface area contributed by atoms with Crippen molar-refractivity contribution in [3.05, 3.63) is 24.4 Å². The SMILES string of the molecule is CNC1CCC(Sc2nnc3ccccn23)C1. The Morgan fingerprint density at radius 3 is 3.12 bits per heavy atom. The van der Waals surface area contributed by atoms with E-state index in [1.54, 1.807) is 0 Å². The van der Waals surface area contributed by atoms with Gasteiger partial charge in [0.1, 0.15) is 0 Å². The quantitative estimate of drug-likeness (QED) is 0.901. The van der Waals surface area contributed by atoms with E-state index in [-0.39, 0.29) is 0 Å². The minimum atomic E-state index is 0.667. The van der Waals surface area contributed by atoms with E-state index in [0.29, 0.717) is 11.3 Å². The van der Waals surface area contributed by atoms with Crippen LogP contribution in [-0.4, -0.2) is 32.9 Å². The van der Waals surface area contributed by atoms with Crippen LogP contribution in [0.1, 0.15) is 19.3 Å². The van der Waals surface area contributed by atoms with E-state index in [9.17, 15) is 0 Å². The second-order valence-corrected chi connectivity index (χ2v) is 5.72. The van der Waals surface area contributed by atoms with Gasteiger partial charge >= 0.3 is 0 Å². The van der Waals surface area contributed by atoms with Crippen molar-refractivity contribution in [3.63, 3.8) is 0 Å². The number of hydrogen-bond donors (Lipinski definition) is 1. The lowest BCUT2D eigenvalue weighted by Gasteiger charge is -2.08. The van der Waals surface area contributed by atoms with Gasteiger partial charge in [0.15, 0.2) is 10.8 Å². The van der Waals surface area contributed by atoms with E-state index in [1.807, 2.05) is 43.2 Å². The fourth-order valence-electron chi connectivity index (χ4n) is 2.36. The maximum Gasteiger partial charge on any atom is 0.195 e. The van der Waals surface area contributed by atoms with Crippen molar-refractivity contribution in [2.45, 2.75) is 35.7 Å². The lowest BCUT2D eigenvalue weighted by atomic mass is 10.3. The van der Waals surface area contributed by atoms with Crippen molar-refractivity contribution in [2.24, 2.45) is 0 Å². The molecule has 17 heavy (non-hydrogen) atoms. The minimum Gasteiger partial charge on any atom is -0.317 e. The van der Waals surface area contributed by atoms with Gasteiger partial charge in [0.05, 0.1) is 0 Å². The number of pyridine rings is 1. The molecule has 2 aromatic heterocycles. The Kier molecular flexibility index (Phi) is 3.03.